The molecule has 0 unspecified atom stereocenters. The molecule has 0 atom stereocenters. The predicted molar refractivity (Wildman–Crippen MR) is 93.3 cm³/mol. The van der Waals surface area contributed by atoms with E-state index in [1.54, 1.807) is 6.92 Å². The molecule has 0 bridgehead atoms. The molecule has 22 heavy (non-hydrogen) atoms. The van der Waals surface area contributed by atoms with Gasteiger partial charge < -0.3 is 10.2 Å². The van der Waals surface area contributed by atoms with Crippen molar-refractivity contribution in [2.24, 2.45) is 4.99 Å². The second-order valence-corrected chi connectivity index (χ2v) is 4.91. The fourth-order valence-corrected chi connectivity index (χ4v) is 1.57. The van der Waals surface area contributed by atoms with Crippen molar-refractivity contribution in [2.45, 2.75) is 78.1 Å². The van der Waals surface area contributed by atoms with Gasteiger partial charge in [-0.15, -0.1) is 0 Å². The number of aliphatic carboxylic acids is 2. The Bertz CT molecular complexity index is 283. The summed E-state index contributed by atoms with van der Waals surface area (Å²) < 4.78 is 0. The molecule has 0 saturated heterocycles. The van der Waals surface area contributed by atoms with E-state index in [-0.39, 0.29) is 42.4 Å². The SMILES string of the molecule is CCC(=O)O.CCCCCCCCCCN=CCC(=O)O.[NaH]. The van der Waals surface area contributed by atoms with Crippen LogP contribution in [0.1, 0.15) is 78.1 Å². The van der Waals surface area contributed by atoms with Crippen molar-refractivity contribution in [3.8, 4) is 0 Å². The Kier molecular flexibility index (Phi) is 27.6. The van der Waals surface area contributed by atoms with E-state index in [1.165, 1.54) is 51.2 Å². The van der Waals surface area contributed by atoms with Gasteiger partial charge in [-0.2, -0.15) is 0 Å². The molecule has 0 heterocycles. The van der Waals surface area contributed by atoms with Crippen LogP contribution in [0.3, 0.4) is 0 Å². The second-order valence-electron chi connectivity index (χ2n) is 4.91. The average molecular weight is 325 g/mol. The first-order valence-corrected chi connectivity index (χ1v) is 7.96. The van der Waals surface area contributed by atoms with E-state index in [0.717, 1.165) is 13.0 Å². The predicted octanol–water partition coefficient (Wildman–Crippen LogP) is 3.51. The Morgan fingerprint density at radius 2 is 1.32 bits per heavy atom. The number of carboxylic acids is 2. The van der Waals surface area contributed by atoms with Gasteiger partial charge in [0.05, 0.1) is 6.42 Å². The fourth-order valence-electron chi connectivity index (χ4n) is 1.57. The van der Waals surface area contributed by atoms with Crippen molar-refractivity contribution >= 4 is 47.7 Å². The second kappa shape index (κ2) is 22.9. The van der Waals surface area contributed by atoms with Crippen molar-refractivity contribution < 1.29 is 19.8 Å². The first kappa shape index (κ1) is 26.5. The number of rotatable bonds is 12. The van der Waals surface area contributed by atoms with Gasteiger partial charge in [0.15, 0.2) is 0 Å². The molecule has 5 nitrogen and oxygen atoms in total. The van der Waals surface area contributed by atoms with E-state index in [0.29, 0.717) is 0 Å². The first-order chi connectivity index (χ1) is 10.0. The van der Waals surface area contributed by atoms with E-state index in [9.17, 15) is 9.59 Å². The third-order valence-corrected chi connectivity index (χ3v) is 2.84. The molecule has 0 aromatic carbocycles. The van der Waals surface area contributed by atoms with Crippen molar-refractivity contribution in [3.63, 3.8) is 0 Å². The van der Waals surface area contributed by atoms with Gasteiger partial charge in [-0.3, -0.25) is 14.6 Å². The molecule has 0 spiro atoms. The molecule has 0 aromatic rings. The Balaban J connectivity index is -0.000000520. The summed E-state index contributed by atoms with van der Waals surface area (Å²) in [7, 11) is 0. The molecule has 0 rings (SSSR count). The van der Waals surface area contributed by atoms with Crippen LogP contribution in [0.25, 0.3) is 0 Å². The number of hydrogen-bond donors (Lipinski definition) is 2. The standard InChI is InChI=1S/C13H25NO2.C3H6O2.Na.H/c1-2-3-4-5-6-7-8-9-11-14-12-10-13(15)16;1-2-3(4)5;;/h12H,2-11H2,1H3,(H,15,16);2H2,1H3,(H,4,5);;. The quantitative estimate of drug-likeness (QED) is 0.326. The molecule has 0 fully saturated rings. The number of hydrogen-bond acceptors (Lipinski definition) is 3. The monoisotopic (exact) mass is 325 g/mol. The third-order valence-electron chi connectivity index (χ3n) is 2.84. The zero-order chi connectivity index (χ0) is 16.3. The summed E-state index contributed by atoms with van der Waals surface area (Å²) in [6.45, 7) is 4.61. The minimum atomic E-state index is -0.806. The first-order valence-electron chi connectivity index (χ1n) is 7.96. The molecular formula is C16H32NNaO4. The van der Waals surface area contributed by atoms with Crippen LogP contribution in [-0.2, 0) is 9.59 Å². The van der Waals surface area contributed by atoms with Gasteiger partial charge in [0, 0.05) is 19.2 Å². The summed E-state index contributed by atoms with van der Waals surface area (Å²) in [4.78, 5) is 23.6. The van der Waals surface area contributed by atoms with Crippen LogP contribution in [-0.4, -0.2) is 64.5 Å². The molecule has 0 amide bonds. The van der Waals surface area contributed by atoms with E-state index < -0.39 is 11.9 Å². The van der Waals surface area contributed by atoms with Crippen LogP contribution in [0.5, 0.6) is 0 Å². The summed E-state index contributed by atoms with van der Waals surface area (Å²) in [6.07, 6.45) is 12.1. The Morgan fingerprint density at radius 3 is 1.73 bits per heavy atom. The van der Waals surface area contributed by atoms with Crippen molar-refractivity contribution in [3.05, 3.63) is 0 Å². The van der Waals surface area contributed by atoms with E-state index in [1.807, 2.05) is 0 Å². The van der Waals surface area contributed by atoms with Crippen LogP contribution in [0, 0.1) is 0 Å². The molecular weight excluding hydrogens is 293 g/mol. The van der Waals surface area contributed by atoms with Crippen LogP contribution in [0.2, 0.25) is 0 Å². The van der Waals surface area contributed by atoms with Crippen molar-refractivity contribution in [1.82, 2.24) is 0 Å². The van der Waals surface area contributed by atoms with Crippen molar-refractivity contribution in [2.75, 3.05) is 6.54 Å². The average Bonchev–Trinajstić information content (AvgIpc) is 2.45. The van der Waals surface area contributed by atoms with Crippen LogP contribution < -0.4 is 0 Å². The normalized spacial score (nSPS) is 9.73. The van der Waals surface area contributed by atoms with Gasteiger partial charge in [-0.1, -0.05) is 58.8 Å². The molecule has 0 radical (unpaired) electrons. The molecule has 0 aromatic heterocycles. The zero-order valence-electron chi connectivity index (χ0n) is 13.5. The minimum absolute atomic E-state index is 0. The maximum absolute atomic E-state index is 10.2. The molecule has 126 valence electrons. The third kappa shape index (κ3) is 31.8. The Hall–Kier alpha value is -0.390. The summed E-state index contributed by atoms with van der Waals surface area (Å²) >= 11 is 0. The summed E-state index contributed by atoms with van der Waals surface area (Å²) in [5, 5.41) is 16.1. The fraction of sp³-hybridized carbons (Fsp3) is 0.812. The molecule has 0 saturated carbocycles. The van der Waals surface area contributed by atoms with Gasteiger partial charge in [-0.05, 0) is 6.42 Å². The molecule has 0 aliphatic rings. The summed E-state index contributed by atoms with van der Waals surface area (Å²) in [5.74, 6) is -1.55. The van der Waals surface area contributed by atoms with Crippen LogP contribution in [0.4, 0.5) is 0 Å². The van der Waals surface area contributed by atoms with Crippen molar-refractivity contribution in [1.29, 1.82) is 0 Å². The van der Waals surface area contributed by atoms with Gasteiger partial charge in [0.25, 0.3) is 0 Å². The Morgan fingerprint density at radius 1 is 0.864 bits per heavy atom. The number of unbranched alkanes of at least 4 members (excludes halogenated alkanes) is 7. The maximum atomic E-state index is 10.2. The summed E-state index contributed by atoms with van der Waals surface area (Å²) in [5.41, 5.74) is 0. The Labute approximate surface area is 156 Å². The molecule has 2 N–H and O–H groups in total. The van der Waals surface area contributed by atoms with E-state index in [2.05, 4.69) is 11.9 Å². The van der Waals surface area contributed by atoms with Crippen LogP contribution >= 0.6 is 0 Å². The van der Waals surface area contributed by atoms with Crippen LogP contribution in [0.15, 0.2) is 4.99 Å². The van der Waals surface area contributed by atoms with E-state index >= 15 is 0 Å². The van der Waals surface area contributed by atoms with Gasteiger partial charge in [0.2, 0.25) is 0 Å². The molecule has 6 heteroatoms. The number of carboxylic acid groups (broad SMARTS) is 2. The molecule has 0 aliphatic heterocycles. The number of nitrogens with zero attached hydrogens (tertiary/aromatic N) is 1. The van der Waals surface area contributed by atoms with Gasteiger partial charge in [-0.25, -0.2) is 0 Å². The topological polar surface area (TPSA) is 87.0 Å². The number of carbonyl (C=O) groups is 2. The van der Waals surface area contributed by atoms with E-state index in [4.69, 9.17) is 10.2 Å². The zero-order valence-corrected chi connectivity index (χ0v) is 13.5. The summed E-state index contributed by atoms with van der Waals surface area (Å²) in [6, 6.07) is 0. The number of aliphatic imine (C=N–C) groups is 1. The van der Waals surface area contributed by atoms with Gasteiger partial charge >= 0.3 is 41.5 Å². The molecule has 0 aliphatic carbocycles. The van der Waals surface area contributed by atoms with Gasteiger partial charge in [0.1, 0.15) is 0 Å².